The summed E-state index contributed by atoms with van der Waals surface area (Å²) in [6.45, 7) is 7.18. The minimum atomic E-state index is -0.0213. The highest BCUT2D eigenvalue weighted by Gasteiger charge is 2.34. The first-order valence-corrected chi connectivity index (χ1v) is 8.05. The molecule has 1 aliphatic carbocycles. The van der Waals surface area contributed by atoms with Gasteiger partial charge in [-0.1, -0.05) is 0 Å². The summed E-state index contributed by atoms with van der Waals surface area (Å²) in [6.07, 6.45) is 4.60. The third-order valence-corrected chi connectivity index (χ3v) is 4.58. The molecule has 116 valence electrons. The van der Waals surface area contributed by atoms with E-state index in [0.717, 1.165) is 43.4 Å². The summed E-state index contributed by atoms with van der Waals surface area (Å²) < 4.78 is 7.34. The molecule has 2 fully saturated rings. The molecule has 0 spiro atoms. The van der Waals surface area contributed by atoms with Crippen LogP contribution in [0.3, 0.4) is 0 Å². The van der Waals surface area contributed by atoms with Gasteiger partial charge in [0, 0.05) is 11.7 Å². The third-order valence-electron chi connectivity index (χ3n) is 4.58. The summed E-state index contributed by atoms with van der Waals surface area (Å²) in [6, 6.07) is 2.85. The topological polar surface area (TPSA) is 47.4 Å². The molecule has 0 unspecified atom stereocenters. The van der Waals surface area contributed by atoms with Gasteiger partial charge in [0.05, 0.1) is 18.2 Å². The Morgan fingerprint density at radius 1 is 1.29 bits per heavy atom. The van der Waals surface area contributed by atoms with Gasteiger partial charge in [-0.3, -0.25) is 9.48 Å². The number of piperidine rings is 1. The molecule has 21 heavy (non-hydrogen) atoms. The lowest BCUT2D eigenvalue weighted by Gasteiger charge is -2.30. The Balaban J connectivity index is 1.39. The molecule has 3 rings (SSSR count). The Kier molecular flexibility index (Phi) is 4.29. The maximum Gasteiger partial charge on any atom is 0.309 e. The van der Waals surface area contributed by atoms with E-state index in [9.17, 15) is 4.79 Å². The number of carbonyl (C=O) groups excluding carboxylic acids is 1. The zero-order valence-corrected chi connectivity index (χ0v) is 13.0. The molecule has 1 saturated carbocycles. The van der Waals surface area contributed by atoms with Gasteiger partial charge in [-0.25, -0.2) is 0 Å². The largest absolute Gasteiger partial charge is 0.463 e. The molecule has 1 saturated heterocycles. The molecular weight excluding hydrogens is 266 g/mol. The maximum absolute atomic E-state index is 12.1. The molecule has 0 radical (unpaired) electrons. The molecule has 2 aliphatic rings. The summed E-state index contributed by atoms with van der Waals surface area (Å²) in [5.41, 5.74) is 2.12. The van der Waals surface area contributed by atoms with Gasteiger partial charge in [0.15, 0.2) is 0 Å². The maximum atomic E-state index is 12.1. The van der Waals surface area contributed by atoms with Crippen molar-refractivity contribution >= 4 is 5.97 Å². The Hall–Kier alpha value is -1.36. The molecule has 2 heterocycles. The zero-order chi connectivity index (χ0) is 14.8. The van der Waals surface area contributed by atoms with Crippen molar-refractivity contribution in [3.05, 3.63) is 17.5 Å². The van der Waals surface area contributed by atoms with E-state index in [1.807, 2.05) is 24.6 Å². The molecule has 0 bridgehead atoms. The Morgan fingerprint density at radius 3 is 2.57 bits per heavy atom. The Morgan fingerprint density at radius 2 is 2.00 bits per heavy atom. The molecule has 5 nitrogen and oxygen atoms in total. The standard InChI is InChI=1S/C16H25N3O2/c1-12-11-13(2)19(17-12)9-10-21-16(20)14-5-7-18(8-6-14)15-3-4-15/h11,14-15H,3-10H2,1-2H3. The van der Waals surface area contributed by atoms with Gasteiger partial charge in [0.2, 0.25) is 0 Å². The lowest BCUT2D eigenvalue weighted by Crippen LogP contribution is -2.38. The van der Waals surface area contributed by atoms with E-state index in [1.54, 1.807) is 0 Å². The van der Waals surface area contributed by atoms with Gasteiger partial charge >= 0.3 is 5.97 Å². The second kappa shape index (κ2) is 6.18. The summed E-state index contributed by atoms with van der Waals surface area (Å²) in [5, 5.41) is 4.37. The quantitative estimate of drug-likeness (QED) is 0.778. The first kappa shape index (κ1) is 14.6. The molecule has 0 N–H and O–H groups in total. The van der Waals surface area contributed by atoms with Crippen molar-refractivity contribution in [2.75, 3.05) is 19.7 Å². The van der Waals surface area contributed by atoms with E-state index in [1.165, 1.54) is 12.8 Å². The van der Waals surface area contributed by atoms with Crippen LogP contribution < -0.4 is 0 Å². The number of aryl methyl sites for hydroxylation is 2. The van der Waals surface area contributed by atoms with Crippen LogP contribution in [-0.2, 0) is 16.1 Å². The van der Waals surface area contributed by atoms with Crippen molar-refractivity contribution in [2.24, 2.45) is 5.92 Å². The molecule has 0 atom stereocenters. The number of aromatic nitrogens is 2. The number of nitrogens with zero attached hydrogens (tertiary/aromatic N) is 3. The molecule has 1 aliphatic heterocycles. The van der Waals surface area contributed by atoms with Crippen molar-refractivity contribution in [3.8, 4) is 0 Å². The average Bonchev–Trinajstić information content (AvgIpc) is 3.26. The Bertz CT molecular complexity index is 500. The second-order valence-electron chi connectivity index (χ2n) is 6.36. The van der Waals surface area contributed by atoms with Crippen molar-refractivity contribution < 1.29 is 9.53 Å². The van der Waals surface area contributed by atoms with Gasteiger partial charge in [-0.15, -0.1) is 0 Å². The molecule has 5 heteroatoms. The summed E-state index contributed by atoms with van der Waals surface area (Å²) in [7, 11) is 0. The van der Waals surface area contributed by atoms with E-state index in [-0.39, 0.29) is 11.9 Å². The predicted molar refractivity (Wildman–Crippen MR) is 80.0 cm³/mol. The van der Waals surface area contributed by atoms with Crippen LogP contribution in [0.2, 0.25) is 0 Å². The number of carbonyl (C=O) groups is 1. The fourth-order valence-electron chi connectivity index (χ4n) is 3.19. The van der Waals surface area contributed by atoms with Crippen molar-refractivity contribution in [1.29, 1.82) is 0 Å². The molecular formula is C16H25N3O2. The van der Waals surface area contributed by atoms with Gasteiger partial charge in [-0.2, -0.15) is 5.10 Å². The predicted octanol–water partition coefficient (Wildman–Crippen LogP) is 1.92. The van der Waals surface area contributed by atoms with Crippen LogP contribution in [-0.4, -0.2) is 46.4 Å². The number of ether oxygens (including phenoxy) is 1. The minimum absolute atomic E-state index is 0.0213. The van der Waals surface area contributed by atoms with Crippen LogP contribution in [0.4, 0.5) is 0 Å². The number of likely N-dealkylation sites (tertiary alicyclic amines) is 1. The van der Waals surface area contributed by atoms with Crippen LogP contribution in [0.1, 0.15) is 37.1 Å². The van der Waals surface area contributed by atoms with Gasteiger partial charge in [0.25, 0.3) is 0 Å². The number of hydrogen-bond donors (Lipinski definition) is 0. The first-order chi connectivity index (χ1) is 10.1. The smallest absolute Gasteiger partial charge is 0.309 e. The molecule has 0 aromatic carbocycles. The fourth-order valence-corrected chi connectivity index (χ4v) is 3.19. The highest BCUT2D eigenvalue weighted by Crippen LogP contribution is 2.31. The monoisotopic (exact) mass is 291 g/mol. The summed E-state index contributed by atoms with van der Waals surface area (Å²) in [4.78, 5) is 14.6. The normalized spacial score (nSPS) is 20.7. The van der Waals surface area contributed by atoms with E-state index in [0.29, 0.717) is 13.2 Å². The lowest BCUT2D eigenvalue weighted by molar-refractivity contribution is -0.150. The SMILES string of the molecule is Cc1cc(C)n(CCOC(=O)C2CCN(C3CC3)CC2)n1. The Labute approximate surface area is 126 Å². The van der Waals surface area contributed by atoms with Crippen LogP contribution in [0.5, 0.6) is 0 Å². The van der Waals surface area contributed by atoms with Crippen LogP contribution in [0, 0.1) is 19.8 Å². The zero-order valence-electron chi connectivity index (χ0n) is 13.0. The van der Waals surface area contributed by atoms with E-state index in [4.69, 9.17) is 4.74 Å². The van der Waals surface area contributed by atoms with Crippen LogP contribution >= 0.6 is 0 Å². The van der Waals surface area contributed by atoms with Crippen LogP contribution in [0.25, 0.3) is 0 Å². The highest BCUT2D eigenvalue weighted by atomic mass is 16.5. The number of hydrogen-bond acceptors (Lipinski definition) is 4. The molecule has 1 aromatic heterocycles. The first-order valence-electron chi connectivity index (χ1n) is 8.05. The average molecular weight is 291 g/mol. The van der Waals surface area contributed by atoms with E-state index in [2.05, 4.69) is 10.00 Å². The second-order valence-corrected chi connectivity index (χ2v) is 6.36. The minimum Gasteiger partial charge on any atom is -0.463 e. The van der Waals surface area contributed by atoms with Crippen molar-refractivity contribution in [1.82, 2.24) is 14.7 Å². The van der Waals surface area contributed by atoms with Gasteiger partial charge < -0.3 is 9.64 Å². The highest BCUT2D eigenvalue weighted by molar-refractivity contribution is 5.72. The molecule has 1 aromatic rings. The fraction of sp³-hybridized carbons (Fsp3) is 0.750. The summed E-state index contributed by atoms with van der Waals surface area (Å²) >= 11 is 0. The number of rotatable bonds is 5. The number of esters is 1. The van der Waals surface area contributed by atoms with Crippen molar-refractivity contribution in [2.45, 2.75) is 52.1 Å². The summed E-state index contributed by atoms with van der Waals surface area (Å²) in [5.74, 6) is 0.0763. The van der Waals surface area contributed by atoms with Crippen LogP contribution in [0.15, 0.2) is 6.07 Å². The van der Waals surface area contributed by atoms with E-state index < -0.39 is 0 Å². The lowest BCUT2D eigenvalue weighted by atomic mass is 9.97. The van der Waals surface area contributed by atoms with Gasteiger partial charge in [0.1, 0.15) is 6.61 Å². The van der Waals surface area contributed by atoms with E-state index >= 15 is 0 Å². The van der Waals surface area contributed by atoms with Crippen molar-refractivity contribution in [3.63, 3.8) is 0 Å². The molecule has 0 amide bonds. The van der Waals surface area contributed by atoms with Gasteiger partial charge in [-0.05, 0) is 58.7 Å². The third kappa shape index (κ3) is 3.64.